The third kappa shape index (κ3) is 3.48. The van der Waals surface area contributed by atoms with Crippen molar-refractivity contribution in [1.82, 2.24) is 4.98 Å². The maximum Gasteiger partial charge on any atom is 0.310 e. The summed E-state index contributed by atoms with van der Waals surface area (Å²) in [7, 11) is -3.36. The Morgan fingerprint density at radius 3 is 2.71 bits per heavy atom. The Labute approximate surface area is 127 Å². The number of carbonyl (C=O) groups is 1. The maximum atomic E-state index is 12.2. The van der Waals surface area contributed by atoms with Crippen molar-refractivity contribution < 1.29 is 18.3 Å². The number of carboxylic acid groups (broad SMARTS) is 1. The molecule has 0 fully saturated rings. The number of carboxylic acids is 1. The van der Waals surface area contributed by atoms with Crippen LogP contribution in [0.4, 0.5) is 0 Å². The van der Waals surface area contributed by atoms with Crippen LogP contribution in [0, 0.1) is 6.92 Å². The molecule has 0 atom stereocenters. The quantitative estimate of drug-likeness (QED) is 0.913. The lowest BCUT2D eigenvalue weighted by Crippen LogP contribution is -2.06. The van der Waals surface area contributed by atoms with Crippen LogP contribution in [0.5, 0.6) is 0 Å². The summed E-state index contributed by atoms with van der Waals surface area (Å²) in [5.74, 6) is -0.948. The molecule has 21 heavy (non-hydrogen) atoms. The van der Waals surface area contributed by atoms with Gasteiger partial charge in [0.1, 0.15) is 5.01 Å². The molecule has 0 amide bonds. The Hall–Kier alpha value is -1.73. The summed E-state index contributed by atoms with van der Waals surface area (Å²) in [6.07, 6.45) is -0.160. The zero-order chi connectivity index (χ0) is 15.6. The standard InChI is InChI=1S/C14H15NO4S2/c1-3-21(18,19)12-5-4-9(2)6-10(12)11-8-20-13(15-11)7-14(16)17/h4-6,8H,3,7H2,1-2H3,(H,16,17). The molecule has 0 saturated heterocycles. The van der Waals surface area contributed by atoms with Crippen molar-refractivity contribution in [1.29, 1.82) is 0 Å². The summed E-state index contributed by atoms with van der Waals surface area (Å²) < 4.78 is 24.3. The first-order valence-electron chi connectivity index (χ1n) is 6.33. The average Bonchev–Trinajstić information content (AvgIpc) is 2.86. The second-order valence-electron chi connectivity index (χ2n) is 4.60. The van der Waals surface area contributed by atoms with Crippen LogP contribution in [-0.2, 0) is 21.1 Å². The average molecular weight is 325 g/mol. The highest BCUT2D eigenvalue weighted by Gasteiger charge is 2.19. The highest BCUT2D eigenvalue weighted by atomic mass is 32.2. The molecule has 0 saturated carbocycles. The van der Waals surface area contributed by atoms with Crippen LogP contribution in [0.15, 0.2) is 28.5 Å². The van der Waals surface area contributed by atoms with Gasteiger partial charge in [0.05, 0.1) is 22.8 Å². The van der Waals surface area contributed by atoms with Gasteiger partial charge >= 0.3 is 5.97 Å². The third-order valence-electron chi connectivity index (χ3n) is 2.98. The minimum absolute atomic E-state index is 0.00911. The van der Waals surface area contributed by atoms with Crippen LogP contribution in [-0.4, -0.2) is 30.2 Å². The zero-order valence-electron chi connectivity index (χ0n) is 11.7. The predicted molar refractivity (Wildman–Crippen MR) is 81.4 cm³/mol. The van der Waals surface area contributed by atoms with E-state index in [9.17, 15) is 13.2 Å². The smallest absolute Gasteiger partial charge is 0.310 e. The number of rotatable bonds is 5. The number of aliphatic carboxylic acids is 1. The second-order valence-corrected chi connectivity index (χ2v) is 7.79. The molecule has 0 radical (unpaired) electrons. The molecule has 1 heterocycles. The van der Waals surface area contributed by atoms with Crippen LogP contribution in [0.25, 0.3) is 11.3 Å². The topological polar surface area (TPSA) is 84.3 Å². The third-order valence-corrected chi connectivity index (χ3v) is 5.62. The van der Waals surface area contributed by atoms with Crippen LogP contribution >= 0.6 is 11.3 Å². The normalized spacial score (nSPS) is 11.5. The fraction of sp³-hybridized carbons (Fsp3) is 0.286. The van der Waals surface area contributed by atoms with Crippen LogP contribution in [0.2, 0.25) is 0 Å². The van der Waals surface area contributed by atoms with Crippen molar-refractivity contribution in [2.45, 2.75) is 25.2 Å². The van der Waals surface area contributed by atoms with E-state index in [-0.39, 0.29) is 17.1 Å². The van der Waals surface area contributed by atoms with Gasteiger partial charge in [0.2, 0.25) is 0 Å². The Morgan fingerprint density at radius 2 is 2.10 bits per heavy atom. The van der Waals surface area contributed by atoms with Gasteiger partial charge in [-0.2, -0.15) is 0 Å². The molecule has 0 aliphatic heterocycles. The van der Waals surface area contributed by atoms with Crippen LogP contribution in [0.3, 0.4) is 0 Å². The van der Waals surface area contributed by atoms with E-state index in [0.29, 0.717) is 16.3 Å². The summed E-state index contributed by atoms with van der Waals surface area (Å²) in [5, 5.41) is 10.9. The molecular formula is C14H15NO4S2. The molecule has 0 unspecified atom stereocenters. The molecule has 7 heteroatoms. The van der Waals surface area contributed by atoms with Crippen molar-refractivity contribution >= 4 is 27.1 Å². The fourth-order valence-electron chi connectivity index (χ4n) is 1.92. The molecule has 1 aromatic carbocycles. The van der Waals surface area contributed by atoms with Crippen molar-refractivity contribution in [3.63, 3.8) is 0 Å². The first-order valence-corrected chi connectivity index (χ1v) is 8.86. The zero-order valence-corrected chi connectivity index (χ0v) is 13.3. The number of thiazole rings is 1. The van der Waals surface area contributed by atoms with E-state index in [1.165, 1.54) is 11.3 Å². The van der Waals surface area contributed by atoms with E-state index in [1.54, 1.807) is 30.5 Å². The monoisotopic (exact) mass is 325 g/mol. The van der Waals surface area contributed by atoms with E-state index in [4.69, 9.17) is 5.11 Å². The van der Waals surface area contributed by atoms with Gasteiger partial charge in [0, 0.05) is 10.9 Å². The molecular weight excluding hydrogens is 310 g/mol. The lowest BCUT2D eigenvalue weighted by Gasteiger charge is -2.08. The van der Waals surface area contributed by atoms with E-state index in [0.717, 1.165) is 5.56 Å². The van der Waals surface area contributed by atoms with Crippen molar-refractivity contribution in [2.24, 2.45) is 0 Å². The van der Waals surface area contributed by atoms with Crippen molar-refractivity contribution in [3.8, 4) is 11.3 Å². The molecule has 0 spiro atoms. The van der Waals surface area contributed by atoms with E-state index < -0.39 is 15.8 Å². The van der Waals surface area contributed by atoms with Gasteiger partial charge in [0.15, 0.2) is 9.84 Å². The molecule has 1 aromatic heterocycles. The van der Waals surface area contributed by atoms with E-state index in [2.05, 4.69) is 4.98 Å². The van der Waals surface area contributed by atoms with E-state index in [1.807, 2.05) is 6.92 Å². The summed E-state index contributed by atoms with van der Waals surface area (Å²) >= 11 is 1.22. The van der Waals surface area contributed by atoms with Gasteiger partial charge < -0.3 is 5.11 Å². The van der Waals surface area contributed by atoms with Crippen molar-refractivity contribution in [2.75, 3.05) is 5.75 Å². The minimum atomic E-state index is -3.36. The van der Waals surface area contributed by atoms with Gasteiger partial charge in [-0.3, -0.25) is 4.79 Å². The maximum absolute atomic E-state index is 12.2. The second kappa shape index (κ2) is 5.95. The predicted octanol–water partition coefficient (Wildman–Crippen LogP) is 2.54. The number of sulfone groups is 1. The summed E-state index contributed by atoms with van der Waals surface area (Å²) in [5.41, 5.74) is 1.96. The molecule has 2 rings (SSSR count). The molecule has 5 nitrogen and oxygen atoms in total. The number of hydrogen-bond donors (Lipinski definition) is 1. The Kier molecular flexibility index (Phi) is 4.43. The van der Waals surface area contributed by atoms with Gasteiger partial charge in [-0.1, -0.05) is 18.6 Å². The Balaban J connectivity index is 2.55. The number of aryl methyl sites for hydroxylation is 1. The number of nitrogens with zero attached hydrogens (tertiary/aromatic N) is 1. The molecule has 0 aliphatic carbocycles. The number of hydrogen-bond acceptors (Lipinski definition) is 5. The number of aromatic nitrogens is 1. The first kappa shape index (κ1) is 15.7. The molecule has 0 bridgehead atoms. The highest BCUT2D eigenvalue weighted by molar-refractivity contribution is 7.91. The SMILES string of the molecule is CCS(=O)(=O)c1ccc(C)cc1-c1csc(CC(=O)O)n1. The highest BCUT2D eigenvalue weighted by Crippen LogP contribution is 2.30. The Morgan fingerprint density at radius 1 is 1.38 bits per heavy atom. The first-order chi connectivity index (χ1) is 9.83. The molecule has 2 aromatic rings. The fourth-order valence-corrected chi connectivity index (χ4v) is 3.79. The number of benzene rings is 1. The molecule has 0 aliphatic rings. The molecule has 112 valence electrons. The van der Waals surface area contributed by atoms with Gasteiger partial charge in [-0.15, -0.1) is 11.3 Å². The van der Waals surface area contributed by atoms with Gasteiger partial charge in [-0.25, -0.2) is 13.4 Å². The van der Waals surface area contributed by atoms with E-state index >= 15 is 0 Å². The largest absolute Gasteiger partial charge is 0.481 e. The lowest BCUT2D eigenvalue weighted by atomic mass is 10.1. The summed E-state index contributed by atoms with van der Waals surface area (Å²) in [4.78, 5) is 15.2. The van der Waals surface area contributed by atoms with Crippen LogP contribution < -0.4 is 0 Å². The molecule has 1 N–H and O–H groups in total. The minimum Gasteiger partial charge on any atom is -0.481 e. The van der Waals surface area contributed by atoms with Gasteiger partial charge in [0.25, 0.3) is 0 Å². The lowest BCUT2D eigenvalue weighted by molar-refractivity contribution is -0.136. The van der Waals surface area contributed by atoms with Crippen molar-refractivity contribution in [3.05, 3.63) is 34.2 Å². The Bertz CT molecular complexity index is 778. The summed E-state index contributed by atoms with van der Waals surface area (Å²) in [6.45, 7) is 3.46. The van der Waals surface area contributed by atoms with Gasteiger partial charge in [-0.05, 0) is 19.1 Å². The van der Waals surface area contributed by atoms with Crippen LogP contribution in [0.1, 0.15) is 17.5 Å². The summed E-state index contributed by atoms with van der Waals surface area (Å²) in [6, 6.07) is 5.10.